The van der Waals surface area contributed by atoms with Crippen molar-refractivity contribution in [2.75, 3.05) is 32.6 Å². The maximum atomic E-state index is 11.8. The number of allylic oxidation sites excluding steroid dienone is 2. The molecule has 248 valence electrons. The molecule has 0 bridgehead atoms. The highest BCUT2D eigenvalue weighted by Gasteiger charge is 2.28. The second-order valence-corrected chi connectivity index (χ2v) is 12.4. The Morgan fingerprint density at radius 3 is 1.42 bits per heavy atom. The van der Waals surface area contributed by atoms with Gasteiger partial charge >= 0.3 is 25.5 Å². The molecule has 0 amide bonds. The van der Waals surface area contributed by atoms with Crippen molar-refractivity contribution >= 4 is 31.3 Å². The van der Waals surface area contributed by atoms with Crippen LogP contribution in [0.15, 0.2) is 23.3 Å². The van der Waals surface area contributed by atoms with E-state index >= 15 is 0 Å². The van der Waals surface area contributed by atoms with E-state index in [-0.39, 0.29) is 32.0 Å². The Kier molecular flexibility index (Phi) is 24.7. The number of ketones is 1. The lowest BCUT2D eigenvalue weighted by Crippen LogP contribution is -2.12. The molecule has 10 nitrogen and oxygen atoms in total. The lowest BCUT2D eigenvalue weighted by atomic mass is 9.95. The summed E-state index contributed by atoms with van der Waals surface area (Å²) in [6, 6.07) is 0. The number of rotatable bonds is 10. The van der Waals surface area contributed by atoms with Crippen LogP contribution in [0.3, 0.4) is 0 Å². The standard InChI is InChI=1S/C10H16O2.C8H17O5P.C8H12O2.C6H10O/c1-2-12-10(11)8-9-6-4-3-5-7-9;1-4-11-8(9)7-14(10,12-5-2)13-6-3;9-8(10)6-7-4-2-1-3-5-7;7-6-4-2-1-3-5-6/h8H,2-7H2,1H3;4-7H2,1-3H3;6H,1-5H2,(H,9,10);1-5H2. The van der Waals surface area contributed by atoms with Gasteiger partial charge in [-0.2, -0.15) is 0 Å². The highest BCUT2D eigenvalue weighted by atomic mass is 31.2. The lowest BCUT2D eigenvalue weighted by Gasteiger charge is -2.15. The highest BCUT2D eigenvalue weighted by molar-refractivity contribution is 7.54. The number of ether oxygens (including phenoxy) is 2. The van der Waals surface area contributed by atoms with Crippen molar-refractivity contribution in [2.45, 2.75) is 124 Å². The Hall–Kier alpha value is -2.29. The minimum Gasteiger partial charge on any atom is -0.478 e. The molecule has 0 radical (unpaired) electrons. The van der Waals surface area contributed by atoms with Gasteiger partial charge in [0.25, 0.3) is 0 Å². The van der Waals surface area contributed by atoms with Crippen molar-refractivity contribution in [1.29, 1.82) is 0 Å². The summed E-state index contributed by atoms with van der Waals surface area (Å²) in [6.07, 6.45) is 19.5. The topological polar surface area (TPSA) is 143 Å². The Morgan fingerprint density at radius 2 is 1.07 bits per heavy atom. The van der Waals surface area contributed by atoms with Crippen LogP contribution in [0.4, 0.5) is 0 Å². The molecule has 1 N–H and O–H groups in total. The van der Waals surface area contributed by atoms with Crippen LogP contribution in [0.25, 0.3) is 0 Å². The SMILES string of the molecule is CCOC(=O)C=C1CCCCC1.CCOC(=O)CP(=O)(OCC)OCC.O=C(O)C=C1CCCCC1.O=C1CCCCC1. The fourth-order valence-electron chi connectivity index (χ4n) is 4.66. The normalized spacial score (nSPS) is 16.5. The number of carbonyl (C=O) groups is 4. The molecular weight excluding hydrogens is 575 g/mol. The first-order chi connectivity index (χ1) is 20.6. The summed E-state index contributed by atoms with van der Waals surface area (Å²) in [6.45, 7) is 8.13. The molecule has 0 aromatic heterocycles. The van der Waals surface area contributed by atoms with Gasteiger partial charge in [0.05, 0.1) is 26.4 Å². The smallest absolute Gasteiger partial charge is 0.341 e. The molecule has 0 spiro atoms. The Morgan fingerprint density at radius 1 is 0.651 bits per heavy atom. The van der Waals surface area contributed by atoms with Crippen LogP contribution < -0.4 is 0 Å². The number of aliphatic carboxylic acids is 1. The zero-order valence-electron chi connectivity index (χ0n) is 26.9. The summed E-state index contributed by atoms with van der Waals surface area (Å²) in [7, 11) is -3.28. The third kappa shape index (κ3) is 23.8. The van der Waals surface area contributed by atoms with Crippen molar-refractivity contribution in [3.63, 3.8) is 0 Å². The maximum absolute atomic E-state index is 11.8. The van der Waals surface area contributed by atoms with Crippen molar-refractivity contribution < 1.29 is 47.4 Å². The summed E-state index contributed by atoms with van der Waals surface area (Å²) in [5.74, 6) is -1.06. The van der Waals surface area contributed by atoms with E-state index in [4.69, 9.17) is 18.9 Å². The zero-order valence-corrected chi connectivity index (χ0v) is 27.8. The third-order valence-electron chi connectivity index (χ3n) is 6.62. The monoisotopic (exact) mass is 630 g/mol. The van der Waals surface area contributed by atoms with Crippen molar-refractivity contribution in [3.05, 3.63) is 23.3 Å². The number of esters is 2. The van der Waals surface area contributed by atoms with Gasteiger partial charge in [0, 0.05) is 25.0 Å². The molecule has 0 aromatic carbocycles. The first kappa shape index (κ1) is 40.7. The fraction of sp³-hybridized carbons (Fsp3) is 0.750. The van der Waals surface area contributed by atoms with Crippen LogP contribution in [-0.4, -0.2) is 61.4 Å². The molecule has 0 aromatic rings. The largest absolute Gasteiger partial charge is 0.478 e. The van der Waals surface area contributed by atoms with Crippen molar-refractivity contribution in [3.8, 4) is 0 Å². The number of hydrogen-bond acceptors (Lipinski definition) is 9. The number of Topliss-reactive ketones (excluding diaryl/α,β-unsaturated/α-hetero) is 1. The van der Waals surface area contributed by atoms with E-state index in [1.54, 1.807) is 26.8 Å². The predicted octanol–water partition coefficient (Wildman–Crippen LogP) is 7.74. The van der Waals surface area contributed by atoms with Gasteiger partial charge in [-0.25, -0.2) is 9.59 Å². The number of carboxylic acids is 1. The van der Waals surface area contributed by atoms with E-state index in [1.165, 1.54) is 56.6 Å². The van der Waals surface area contributed by atoms with Gasteiger partial charge in [0.1, 0.15) is 11.9 Å². The molecule has 11 heteroatoms. The zero-order chi connectivity index (χ0) is 32.3. The average molecular weight is 631 g/mol. The molecule has 3 saturated carbocycles. The van der Waals surface area contributed by atoms with Gasteiger partial charge < -0.3 is 23.6 Å². The summed E-state index contributed by atoms with van der Waals surface area (Å²) >= 11 is 0. The second-order valence-electron chi connectivity index (χ2n) is 10.3. The molecule has 0 atom stereocenters. The van der Waals surface area contributed by atoms with E-state index < -0.39 is 19.5 Å². The quantitative estimate of drug-likeness (QED) is 0.145. The van der Waals surface area contributed by atoms with E-state index in [1.807, 2.05) is 6.92 Å². The number of hydrogen-bond donors (Lipinski definition) is 1. The van der Waals surface area contributed by atoms with Crippen LogP contribution in [0.5, 0.6) is 0 Å². The fourth-order valence-corrected chi connectivity index (χ4v) is 6.11. The third-order valence-corrected chi connectivity index (χ3v) is 8.57. The van der Waals surface area contributed by atoms with Crippen LogP contribution in [0.1, 0.15) is 124 Å². The van der Waals surface area contributed by atoms with Gasteiger partial charge in [-0.3, -0.25) is 14.2 Å². The van der Waals surface area contributed by atoms with E-state index in [0.29, 0.717) is 12.4 Å². The first-order valence-corrected chi connectivity index (χ1v) is 17.7. The summed E-state index contributed by atoms with van der Waals surface area (Å²) in [5, 5.41) is 8.39. The van der Waals surface area contributed by atoms with E-state index in [2.05, 4.69) is 4.74 Å². The van der Waals surface area contributed by atoms with Crippen LogP contribution in [0.2, 0.25) is 0 Å². The van der Waals surface area contributed by atoms with Crippen LogP contribution in [-0.2, 0) is 42.3 Å². The van der Waals surface area contributed by atoms with Gasteiger partial charge in [0.15, 0.2) is 0 Å². The van der Waals surface area contributed by atoms with Crippen molar-refractivity contribution in [1.82, 2.24) is 0 Å². The van der Waals surface area contributed by atoms with E-state index in [0.717, 1.165) is 56.9 Å². The Labute approximate surface area is 258 Å². The maximum Gasteiger partial charge on any atom is 0.341 e. The lowest BCUT2D eigenvalue weighted by molar-refractivity contribution is -0.140. The number of carboxylic acid groups (broad SMARTS) is 1. The molecule has 3 aliphatic rings. The first-order valence-electron chi connectivity index (χ1n) is 15.9. The van der Waals surface area contributed by atoms with Crippen molar-refractivity contribution in [2.24, 2.45) is 0 Å². The second kappa shape index (κ2) is 26.1. The highest BCUT2D eigenvalue weighted by Crippen LogP contribution is 2.47. The molecule has 3 rings (SSSR count). The molecule has 0 unspecified atom stereocenters. The minimum atomic E-state index is -3.28. The minimum absolute atomic E-state index is 0.172. The molecular formula is C32H55O10P. The van der Waals surface area contributed by atoms with Gasteiger partial charge in [-0.05, 0) is 91.9 Å². The average Bonchev–Trinajstić information content (AvgIpc) is 2.96. The van der Waals surface area contributed by atoms with Gasteiger partial charge in [0.2, 0.25) is 0 Å². The Bertz CT molecular complexity index is 891. The predicted molar refractivity (Wildman–Crippen MR) is 167 cm³/mol. The molecule has 0 heterocycles. The van der Waals surface area contributed by atoms with Gasteiger partial charge in [-0.1, -0.05) is 30.4 Å². The van der Waals surface area contributed by atoms with Crippen LogP contribution >= 0.6 is 7.60 Å². The van der Waals surface area contributed by atoms with Crippen LogP contribution in [0, 0.1) is 0 Å². The molecule has 3 fully saturated rings. The summed E-state index contributed by atoms with van der Waals surface area (Å²) in [5.41, 5.74) is 2.37. The Balaban J connectivity index is 0.000000560. The summed E-state index contributed by atoms with van der Waals surface area (Å²) in [4.78, 5) is 42.7. The van der Waals surface area contributed by atoms with Gasteiger partial charge in [-0.15, -0.1) is 0 Å². The molecule has 0 saturated heterocycles. The molecule has 3 aliphatic carbocycles. The molecule has 0 aliphatic heterocycles. The summed E-state index contributed by atoms with van der Waals surface area (Å²) < 4.78 is 31.1. The van der Waals surface area contributed by atoms with E-state index in [9.17, 15) is 23.7 Å². The number of carbonyl (C=O) groups excluding carboxylic acids is 3. The molecule has 43 heavy (non-hydrogen) atoms.